The molecule has 2 aromatic rings. The summed E-state index contributed by atoms with van der Waals surface area (Å²) in [5, 5.41) is 6.11. The summed E-state index contributed by atoms with van der Waals surface area (Å²) in [4.78, 5) is 12.7. The molecule has 3 rings (SSSR count). The highest BCUT2D eigenvalue weighted by Gasteiger charge is 2.28. The van der Waals surface area contributed by atoms with E-state index in [0.29, 0.717) is 51.6 Å². The van der Waals surface area contributed by atoms with Gasteiger partial charge in [0, 0.05) is 31.9 Å². The molecule has 8 nitrogen and oxygen atoms in total. The predicted octanol–water partition coefficient (Wildman–Crippen LogP) is 1.95. The molecular formula is C21H27N3O5S. The molecule has 2 N–H and O–H groups in total. The first-order valence-electron chi connectivity index (χ1n) is 9.85. The molecule has 9 heteroatoms. The van der Waals surface area contributed by atoms with Crippen molar-refractivity contribution in [3.8, 4) is 5.75 Å². The minimum atomic E-state index is -3.70. The maximum absolute atomic E-state index is 12.9. The van der Waals surface area contributed by atoms with Crippen molar-refractivity contribution in [3.05, 3.63) is 54.1 Å². The number of nitrogens with zero attached hydrogens (tertiary/aromatic N) is 1. The van der Waals surface area contributed by atoms with Crippen molar-refractivity contribution in [3.63, 3.8) is 0 Å². The van der Waals surface area contributed by atoms with Gasteiger partial charge in [-0.3, -0.25) is 4.79 Å². The number of morpholine rings is 1. The van der Waals surface area contributed by atoms with Crippen molar-refractivity contribution in [2.45, 2.75) is 11.3 Å². The summed E-state index contributed by atoms with van der Waals surface area (Å²) < 4.78 is 37.6. The van der Waals surface area contributed by atoms with E-state index in [4.69, 9.17) is 9.47 Å². The number of hydrogen-bond donors (Lipinski definition) is 2. The Morgan fingerprint density at radius 2 is 1.83 bits per heavy atom. The molecule has 0 aliphatic carbocycles. The fraction of sp³-hybridized carbons (Fsp3) is 0.381. The summed E-state index contributed by atoms with van der Waals surface area (Å²) >= 11 is 0. The van der Waals surface area contributed by atoms with Crippen LogP contribution < -0.4 is 15.4 Å². The lowest BCUT2D eigenvalue weighted by Crippen LogP contribution is -2.40. The van der Waals surface area contributed by atoms with E-state index in [0.717, 1.165) is 5.69 Å². The maximum Gasteiger partial charge on any atom is 0.255 e. The van der Waals surface area contributed by atoms with Gasteiger partial charge >= 0.3 is 0 Å². The Kier molecular flexibility index (Phi) is 7.67. The van der Waals surface area contributed by atoms with Gasteiger partial charge in [0.2, 0.25) is 10.0 Å². The Morgan fingerprint density at radius 1 is 1.10 bits per heavy atom. The molecule has 1 saturated heterocycles. The van der Waals surface area contributed by atoms with Gasteiger partial charge in [0.1, 0.15) is 5.75 Å². The monoisotopic (exact) mass is 433 g/mol. The Hall–Kier alpha value is -2.62. The van der Waals surface area contributed by atoms with Gasteiger partial charge < -0.3 is 20.1 Å². The lowest BCUT2D eigenvalue weighted by Gasteiger charge is -2.26. The maximum atomic E-state index is 12.9. The number of sulfonamides is 1. The van der Waals surface area contributed by atoms with Crippen LogP contribution in [0.2, 0.25) is 0 Å². The average molecular weight is 434 g/mol. The average Bonchev–Trinajstić information content (AvgIpc) is 2.79. The molecule has 2 aromatic carbocycles. The van der Waals surface area contributed by atoms with Gasteiger partial charge in [-0.25, -0.2) is 8.42 Å². The molecule has 1 fully saturated rings. The van der Waals surface area contributed by atoms with Gasteiger partial charge in [0.15, 0.2) is 0 Å². The highest BCUT2D eigenvalue weighted by atomic mass is 32.2. The number of ether oxygens (including phenoxy) is 2. The lowest BCUT2D eigenvalue weighted by atomic mass is 10.2. The zero-order chi connectivity index (χ0) is 21.4. The van der Waals surface area contributed by atoms with Crippen molar-refractivity contribution in [1.29, 1.82) is 0 Å². The van der Waals surface area contributed by atoms with Crippen LogP contribution in [0.1, 0.15) is 16.8 Å². The van der Waals surface area contributed by atoms with Crippen LogP contribution in [0.4, 0.5) is 5.69 Å². The van der Waals surface area contributed by atoms with Gasteiger partial charge in [-0.15, -0.1) is 0 Å². The van der Waals surface area contributed by atoms with E-state index in [1.807, 2.05) is 30.3 Å². The second-order valence-corrected chi connectivity index (χ2v) is 8.72. The second kappa shape index (κ2) is 10.4. The Bertz CT molecular complexity index is 944. The molecule has 0 bridgehead atoms. The molecule has 0 unspecified atom stereocenters. The highest BCUT2D eigenvalue weighted by Crippen LogP contribution is 2.25. The minimum Gasteiger partial charge on any atom is -0.496 e. The zero-order valence-electron chi connectivity index (χ0n) is 17.0. The second-order valence-electron chi connectivity index (χ2n) is 6.78. The van der Waals surface area contributed by atoms with E-state index in [9.17, 15) is 13.2 Å². The molecule has 1 aliphatic heterocycles. The molecule has 1 heterocycles. The van der Waals surface area contributed by atoms with Gasteiger partial charge in [-0.05, 0) is 36.8 Å². The first-order valence-corrected chi connectivity index (χ1v) is 11.3. The Morgan fingerprint density at radius 3 is 2.53 bits per heavy atom. The largest absolute Gasteiger partial charge is 0.496 e. The number of carbonyl (C=O) groups is 1. The van der Waals surface area contributed by atoms with Crippen LogP contribution in [0.15, 0.2) is 53.4 Å². The Labute approximate surface area is 177 Å². The summed E-state index contributed by atoms with van der Waals surface area (Å²) in [7, 11) is -2.24. The van der Waals surface area contributed by atoms with Gasteiger partial charge in [-0.1, -0.05) is 18.2 Å². The molecule has 0 aromatic heterocycles. The third-order valence-electron chi connectivity index (χ3n) is 4.77. The summed E-state index contributed by atoms with van der Waals surface area (Å²) in [6.07, 6.45) is 0.717. The fourth-order valence-electron chi connectivity index (χ4n) is 3.14. The van der Waals surface area contributed by atoms with Gasteiger partial charge in [0.25, 0.3) is 5.91 Å². The summed E-state index contributed by atoms with van der Waals surface area (Å²) in [6.45, 7) is 2.46. The third kappa shape index (κ3) is 5.50. The van der Waals surface area contributed by atoms with Crippen LogP contribution in [-0.2, 0) is 14.8 Å². The molecule has 0 atom stereocenters. The van der Waals surface area contributed by atoms with Crippen molar-refractivity contribution in [1.82, 2.24) is 9.62 Å². The van der Waals surface area contributed by atoms with Gasteiger partial charge in [0.05, 0.1) is 30.8 Å². The van der Waals surface area contributed by atoms with Crippen LogP contribution in [0.3, 0.4) is 0 Å². The molecule has 162 valence electrons. The molecule has 0 radical (unpaired) electrons. The number of carbonyl (C=O) groups excluding carboxylic acids is 1. The fourth-order valence-corrected chi connectivity index (χ4v) is 4.57. The number of rotatable bonds is 9. The number of para-hydroxylation sites is 1. The zero-order valence-corrected chi connectivity index (χ0v) is 17.8. The van der Waals surface area contributed by atoms with Gasteiger partial charge in [-0.2, -0.15) is 4.31 Å². The van der Waals surface area contributed by atoms with Crippen LogP contribution in [0.5, 0.6) is 5.75 Å². The van der Waals surface area contributed by atoms with Crippen molar-refractivity contribution >= 4 is 21.6 Å². The van der Waals surface area contributed by atoms with Crippen molar-refractivity contribution < 1.29 is 22.7 Å². The molecular weight excluding hydrogens is 406 g/mol. The molecule has 1 aliphatic rings. The molecule has 0 spiro atoms. The van der Waals surface area contributed by atoms with E-state index < -0.39 is 10.0 Å². The quantitative estimate of drug-likeness (QED) is 0.587. The van der Waals surface area contributed by atoms with E-state index in [1.54, 1.807) is 0 Å². The number of benzene rings is 2. The summed E-state index contributed by atoms with van der Waals surface area (Å²) in [6, 6.07) is 14.2. The predicted molar refractivity (Wildman–Crippen MR) is 114 cm³/mol. The van der Waals surface area contributed by atoms with Crippen LogP contribution in [0.25, 0.3) is 0 Å². The van der Waals surface area contributed by atoms with E-state index >= 15 is 0 Å². The number of nitrogens with one attached hydrogen (secondary N) is 2. The third-order valence-corrected chi connectivity index (χ3v) is 6.66. The van der Waals surface area contributed by atoms with Crippen LogP contribution in [0, 0.1) is 0 Å². The molecule has 30 heavy (non-hydrogen) atoms. The smallest absolute Gasteiger partial charge is 0.255 e. The first-order chi connectivity index (χ1) is 14.5. The van der Waals surface area contributed by atoms with Crippen LogP contribution >= 0.6 is 0 Å². The number of amides is 1. The summed E-state index contributed by atoms with van der Waals surface area (Å²) in [5.41, 5.74) is 1.22. The number of methoxy groups -OCH3 is 1. The molecule has 0 saturated carbocycles. The minimum absolute atomic E-state index is 0.0705. The number of hydrogen-bond acceptors (Lipinski definition) is 6. The highest BCUT2D eigenvalue weighted by molar-refractivity contribution is 7.89. The van der Waals surface area contributed by atoms with E-state index in [-0.39, 0.29) is 16.4 Å². The standard InChI is InChI=1S/C21H27N3O5S/c1-28-20-9-8-18(30(26,27)24-12-14-29-15-13-24)16-19(20)21(25)23-11-5-10-22-17-6-3-2-4-7-17/h2-4,6-9,16,22H,5,10-15H2,1H3,(H,23,25). The lowest BCUT2D eigenvalue weighted by molar-refractivity contribution is 0.0730. The van der Waals surface area contributed by atoms with E-state index in [2.05, 4.69) is 10.6 Å². The van der Waals surface area contributed by atoms with Crippen LogP contribution in [-0.4, -0.2) is 65.1 Å². The van der Waals surface area contributed by atoms with Crippen molar-refractivity contribution in [2.75, 3.05) is 51.8 Å². The summed E-state index contributed by atoms with van der Waals surface area (Å²) in [5.74, 6) is -0.0403. The normalized spacial score (nSPS) is 14.8. The number of anilines is 1. The van der Waals surface area contributed by atoms with E-state index in [1.165, 1.54) is 29.6 Å². The Balaban J connectivity index is 1.62. The molecule has 1 amide bonds. The topological polar surface area (TPSA) is 97.0 Å². The first kappa shape index (κ1) is 22.1. The van der Waals surface area contributed by atoms with Crippen molar-refractivity contribution in [2.24, 2.45) is 0 Å². The SMILES string of the molecule is COc1ccc(S(=O)(=O)N2CCOCC2)cc1C(=O)NCCCNc1ccccc1.